The Morgan fingerprint density at radius 3 is 1.26 bits per heavy atom. The second-order valence-electron chi connectivity index (χ2n) is 9.14. The van der Waals surface area contributed by atoms with Crippen LogP contribution in [0.1, 0.15) is 52.7 Å². The molecule has 0 atom stereocenters. The number of hydrogen-bond donors (Lipinski definition) is 0. The number of hydrogen-bond acceptors (Lipinski definition) is 0. The standard InChI is InChI=1S/2C13H15.C4H10Si.2HI.Zr/c2*1-10(2)7-11-8-12-5-3-4-6-13(12)9-11;1-3-5-4-2;;;/h2*3-6,8-10H,7H2,1-2H3;3-4H2,1-2H3;2*1H;/q2*-1;;;;+4/p-2. The molecule has 0 bridgehead atoms. The monoisotopic (exact) mass is 772 g/mol. The second-order valence-corrected chi connectivity index (χ2v) is 11.1. The summed E-state index contributed by atoms with van der Waals surface area (Å²) >= 11 is 0. The van der Waals surface area contributed by atoms with Gasteiger partial charge in [-0.15, -0.1) is 81.2 Å². The van der Waals surface area contributed by atoms with E-state index in [1.54, 1.807) is 0 Å². The summed E-state index contributed by atoms with van der Waals surface area (Å²) in [6, 6.07) is 29.1. The minimum absolute atomic E-state index is 0. The van der Waals surface area contributed by atoms with Crippen molar-refractivity contribution < 1.29 is 74.2 Å². The van der Waals surface area contributed by atoms with Gasteiger partial charge in [0.05, 0.1) is 0 Å². The first-order chi connectivity index (χ1) is 14.9. The average Bonchev–Trinajstić information content (AvgIpc) is 3.31. The van der Waals surface area contributed by atoms with Gasteiger partial charge in [0, 0.05) is 9.52 Å². The maximum atomic E-state index is 2.30. The van der Waals surface area contributed by atoms with E-state index in [4.69, 9.17) is 0 Å². The zero-order valence-corrected chi connectivity index (χ0v) is 29.4. The van der Waals surface area contributed by atoms with Crippen molar-refractivity contribution in [3.63, 3.8) is 0 Å². The Kier molecular flexibility index (Phi) is 21.7. The molecule has 0 saturated carbocycles. The minimum Gasteiger partial charge on any atom is -1.00 e. The van der Waals surface area contributed by atoms with Crippen molar-refractivity contribution in [1.29, 1.82) is 0 Å². The molecule has 182 valence electrons. The van der Waals surface area contributed by atoms with Crippen LogP contribution in [-0.4, -0.2) is 9.52 Å². The van der Waals surface area contributed by atoms with E-state index in [2.05, 4.69) is 114 Å². The van der Waals surface area contributed by atoms with Crippen molar-refractivity contribution in [3.8, 4) is 0 Å². The van der Waals surface area contributed by atoms with Gasteiger partial charge in [0.15, 0.2) is 0 Å². The van der Waals surface area contributed by atoms with Crippen LogP contribution < -0.4 is 48.0 Å². The molecule has 4 rings (SSSR count). The molecule has 0 heterocycles. The van der Waals surface area contributed by atoms with E-state index in [0.29, 0.717) is 0 Å². The molecule has 0 saturated heterocycles. The second kappa shape index (κ2) is 20.3. The van der Waals surface area contributed by atoms with Gasteiger partial charge in [0.2, 0.25) is 0 Å². The summed E-state index contributed by atoms with van der Waals surface area (Å²) in [5.74, 6) is 1.49. The Morgan fingerprint density at radius 2 is 1.00 bits per heavy atom. The average molecular weight is 774 g/mol. The topological polar surface area (TPSA) is 0 Å². The molecule has 4 aromatic carbocycles. The Labute approximate surface area is 264 Å². The summed E-state index contributed by atoms with van der Waals surface area (Å²) in [6.45, 7) is 13.5. The van der Waals surface area contributed by atoms with E-state index in [1.807, 2.05) is 0 Å². The number of fused-ring (bicyclic) bond motifs is 2. The predicted molar refractivity (Wildman–Crippen MR) is 143 cm³/mol. The van der Waals surface area contributed by atoms with Gasteiger partial charge in [0.25, 0.3) is 0 Å². The van der Waals surface area contributed by atoms with E-state index in [0.717, 1.165) is 11.8 Å². The van der Waals surface area contributed by atoms with Crippen LogP contribution in [0, 0.1) is 11.8 Å². The van der Waals surface area contributed by atoms with Gasteiger partial charge in [0.1, 0.15) is 0 Å². The first kappa shape index (κ1) is 36.4. The van der Waals surface area contributed by atoms with Gasteiger partial charge in [-0.3, -0.25) is 0 Å². The maximum Gasteiger partial charge on any atom is 4.00 e. The molecule has 0 aliphatic heterocycles. The first-order valence-corrected chi connectivity index (χ1v) is 13.3. The molecule has 0 aromatic heterocycles. The van der Waals surface area contributed by atoms with Crippen LogP contribution in [0.4, 0.5) is 0 Å². The molecular weight excluding hydrogens is 733 g/mol. The van der Waals surface area contributed by atoms with Crippen LogP contribution in [0.15, 0.2) is 72.8 Å². The van der Waals surface area contributed by atoms with Crippen molar-refractivity contribution in [2.45, 2.75) is 66.5 Å². The van der Waals surface area contributed by atoms with Crippen molar-refractivity contribution in [2.24, 2.45) is 11.8 Å². The van der Waals surface area contributed by atoms with Gasteiger partial charge in [-0.05, 0) is 24.7 Å². The fourth-order valence-electron chi connectivity index (χ4n) is 3.86. The van der Waals surface area contributed by atoms with Gasteiger partial charge >= 0.3 is 26.2 Å². The largest absolute Gasteiger partial charge is 4.00 e. The third kappa shape index (κ3) is 13.5. The van der Waals surface area contributed by atoms with Gasteiger partial charge in [-0.25, -0.2) is 0 Å². The summed E-state index contributed by atoms with van der Waals surface area (Å²) < 4.78 is 0. The fraction of sp³-hybridized carbons (Fsp3) is 0.400. The van der Waals surface area contributed by atoms with Crippen molar-refractivity contribution >= 4 is 31.1 Å². The molecule has 0 spiro atoms. The summed E-state index contributed by atoms with van der Waals surface area (Å²) in [5.41, 5.74) is 2.94. The third-order valence-corrected chi connectivity index (χ3v) is 6.14. The number of halogens is 2. The summed E-state index contributed by atoms with van der Waals surface area (Å²) in [7, 11) is 1.20. The molecule has 0 nitrogen and oxygen atoms in total. The van der Waals surface area contributed by atoms with Gasteiger partial charge < -0.3 is 48.0 Å². The molecule has 0 aliphatic carbocycles. The zero-order valence-electron chi connectivity index (χ0n) is 21.7. The van der Waals surface area contributed by atoms with E-state index in [1.165, 1.54) is 67.1 Å². The van der Waals surface area contributed by atoms with Crippen LogP contribution in [0.2, 0.25) is 12.1 Å². The van der Waals surface area contributed by atoms with Crippen LogP contribution in [-0.2, 0) is 39.0 Å². The maximum absolute atomic E-state index is 2.30. The Hall–Kier alpha value is 0.220. The van der Waals surface area contributed by atoms with Crippen molar-refractivity contribution in [2.75, 3.05) is 0 Å². The molecule has 0 amide bonds. The first-order valence-electron chi connectivity index (χ1n) is 11.9. The minimum atomic E-state index is 0. The Bertz CT molecular complexity index is 869. The Balaban J connectivity index is 0. The van der Waals surface area contributed by atoms with Crippen molar-refractivity contribution in [3.05, 3.63) is 83.9 Å². The summed E-state index contributed by atoms with van der Waals surface area (Å²) in [6.07, 6.45) is 2.38. The van der Waals surface area contributed by atoms with E-state index < -0.39 is 0 Å². The van der Waals surface area contributed by atoms with Crippen LogP contribution in [0.3, 0.4) is 0 Å². The molecule has 0 aliphatic rings. The summed E-state index contributed by atoms with van der Waals surface area (Å²) in [5, 5.41) is 5.49. The molecule has 0 unspecified atom stereocenters. The molecular formula is C30H40I2SiZr. The van der Waals surface area contributed by atoms with Gasteiger partial charge in [-0.1, -0.05) is 65.8 Å². The SMILES string of the molecule is CC(C)Cc1cc2ccccc2[cH-]1.CC(C)Cc1cc2ccccc2[cH-]1.CC[Si]CC.[I-].[I-].[Zr+4]. The molecule has 34 heavy (non-hydrogen) atoms. The van der Waals surface area contributed by atoms with Crippen LogP contribution >= 0.6 is 0 Å². The third-order valence-electron chi connectivity index (χ3n) is 5.14. The number of rotatable bonds is 6. The number of benzene rings is 2. The molecule has 2 radical (unpaired) electrons. The van der Waals surface area contributed by atoms with E-state index in [-0.39, 0.29) is 74.2 Å². The predicted octanol–water partition coefficient (Wildman–Crippen LogP) is 3.09. The quantitative estimate of drug-likeness (QED) is 0.161. The van der Waals surface area contributed by atoms with Crippen LogP contribution in [0.5, 0.6) is 0 Å². The molecule has 4 heteroatoms. The zero-order chi connectivity index (χ0) is 22.6. The van der Waals surface area contributed by atoms with E-state index in [9.17, 15) is 0 Å². The smallest absolute Gasteiger partial charge is 1.00 e. The van der Waals surface area contributed by atoms with E-state index >= 15 is 0 Å². The molecule has 0 fully saturated rings. The molecule has 4 aromatic rings. The molecule has 0 N–H and O–H groups in total. The van der Waals surface area contributed by atoms with Gasteiger partial charge in [-0.2, -0.15) is 12.1 Å². The summed E-state index contributed by atoms with van der Waals surface area (Å²) in [4.78, 5) is 0. The normalized spacial score (nSPS) is 9.88. The van der Waals surface area contributed by atoms with Crippen LogP contribution in [0.25, 0.3) is 21.5 Å². The fourth-order valence-corrected chi connectivity index (χ4v) is 4.36. The van der Waals surface area contributed by atoms with Crippen molar-refractivity contribution in [1.82, 2.24) is 0 Å². The Morgan fingerprint density at radius 1 is 0.647 bits per heavy atom.